The van der Waals surface area contributed by atoms with Gasteiger partial charge in [-0.1, -0.05) is 60.5 Å². The lowest BCUT2D eigenvalue weighted by Crippen LogP contribution is -2.21. The molecule has 1 aliphatic heterocycles. The Morgan fingerprint density at radius 1 is 1.00 bits per heavy atom. The fourth-order valence-corrected chi connectivity index (χ4v) is 5.70. The van der Waals surface area contributed by atoms with Crippen molar-refractivity contribution in [3.05, 3.63) is 134 Å². The number of nitrogens with two attached hydrogens (primary N) is 1. The second kappa shape index (κ2) is 12.0. The molecule has 0 bridgehead atoms. The van der Waals surface area contributed by atoms with Crippen molar-refractivity contribution >= 4 is 40.1 Å². The fraction of sp³-hybridized carbons (Fsp3) is 0.143. The highest BCUT2D eigenvalue weighted by Gasteiger charge is 2.31. The lowest BCUT2D eigenvalue weighted by Gasteiger charge is -2.26. The van der Waals surface area contributed by atoms with Crippen molar-refractivity contribution in [2.75, 3.05) is 0 Å². The molecule has 0 fully saturated rings. The second-order valence-electron chi connectivity index (χ2n) is 10.3. The van der Waals surface area contributed by atoms with E-state index in [4.69, 9.17) is 47.6 Å². The van der Waals surface area contributed by atoms with Crippen molar-refractivity contribution in [3.8, 4) is 23.3 Å². The van der Waals surface area contributed by atoms with Gasteiger partial charge >= 0.3 is 5.97 Å². The Bertz CT molecular complexity index is 1990. The molecule has 0 saturated heterocycles. The van der Waals surface area contributed by atoms with E-state index in [1.54, 1.807) is 30.3 Å². The van der Waals surface area contributed by atoms with Gasteiger partial charge in [-0.2, -0.15) is 5.26 Å². The average molecular weight is 626 g/mol. The van der Waals surface area contributed by atoms with E-state index in [0.29, 0.717) is 38.3 Å². The first kappa shape index (κ1) is 29.2. The van der Waals surface area contributed by atoms with Gasteiger partial charge in [-0.15, -0.1) is 0 Å². The van der Waals surface area contributed by atoms with E-state index in [9.17, 15) is 10.1 Å². The van der Waals surface area contributed by atoms with Crippen molar-refractivity contribution in [2.24, 2.45) is 5.73 Å². The number of carbonyl (C=O) groups is 1. The number of nitrogens with zero attached hydrogens (tertiary/aromatic N) is 1. The molecule has 0 spiro atoms. The summed E-state index contributed by atoms with van der Waals surface area (Å²) in [6, 6.07) is 25.6. The van der Waals surface area contributed by atoms with E-state index >= 15 is 0 Å². The largest absolute Gasteiger partial charge is 0.489 e. The first-order valence-electron chi connectivity index (χ1n) is 13.9. The Kier molecular flexibility index (Phi) is 7.96. The van der Waals surface area contributed by atoms with Gasteiger partial charge in [0.25, 0.3) is 0 Å². The molecule has 0 radical (unpaired) electrons. The topological polar surface area (TPSA) is 108 Å². The number of aryl methyl sites for hydroxylation is 2. The molecule has 2 N–H and O–H groups in total. The molecule has 0 amide bonds. The molecule has 0 aliphatic carbocycles. The van der Waals surface area contributed by atoms with Crippen LogP contribution in [-0.2, 0) is 13.0 Å². The van der Waals surface area contributed by atoms with E-state index in [-0.39, 0.29) is 29.6 Å². The molecule has 0 saturated carbocycles. The highest BCUT2D eigenvalue weighted by atomic mass is 35.5. The van der Waals surface area contributed by atoms with E-state index in [2.05, 4.69) is 13.0 Å². The van der Waals surface area contributed by atoms with Gasteiger partial charge in [0.05, 0.1) is 5.92 Å². The third-order valence-corrected chi connectivity index (χ3v) is 8.21. The standard InChI is InChI=1S/C35H26Cl2N2O5/c1-3-20-4-13-30-27(14-20)19(2)33(43-30)35(40)42-25-11-12-26-31(16-25)44-34(39)28(17-38)32(26)21-6-9-24(10-7-21)41-18-22-5-8-23(36)15-29(22)37/h4-16,32H,3,18,39H2,1-2H3. The SMILES string of the molecule is CCc1ccc2oc(C(=O)Oc3ccc4c(c3)OC(N)=C(C#N)C4c3ccc(OCc4ccc(Cl)cc4Cl)cc3)c(C)c2c1. The number of hydrogen-bond acceptors (Lipinski definition) is 7. The highest BCUT2D eigenvalue weighted by Crippen LogP contribution is 2.44. The molecular weight excluding hydrogens is 599 g/mol. The normalized spacial score (nSPS) is 14.1. The Morgan fingerprint density at radius 3 is 2.50 bits per heavy atom. The number of fused-ring (bicyclic) bond motifs is 2. The van der Waals surface area contributed by atoms with Gasteiger partial charge in [-0.25, -0.2) is 4.79 Å². The van der Waals surface area contributed by atoms with Gasteiger partial charge in [-0.05, 0) is 66.9 Å². The van der Waals surface area contributed by atoms with Crippen LogP contribution in [0.2, 0.25) is 10.0 Å². The minimum Gasteiger partial charge on any atom is -0.489 e. The van der Waals surface area contributed by atoms with Crippen LogP contribution in [0.15, 0.2) is 94.7 Å². The lowest BCUT2D eigenvalue weighted by atomic mass is 9.83. The monoisotopic (exact) mass is 624 g/mol. The van der Waals surface area contributed by atoms with E-state index in [1.165, 1.54) is 0 Å². The zero-order valence-corrected chi connectivity index (χ0v) is 25.3. The summed E-state index contributed by atoms with van der Waals surface area (Å²) in [7, 11) is 0. The lowest BCUT2D eigenvalue weighted by molar-refractivity contribution is 0.0702. The molecule has 1 atom stereocenters. The summed E-state index contributed by atoms with van der Waals surface area (Å²) in [6.07, 6.45) is 0.874. The van der Waals surface area contributed by atoms with Crippen molar-refractivity contribution in [1.82, 2.24) is 0 Å². The number of esters is 1. The van der Waals surface area contributed by atoms with E-state index in [1.807, 2.05) is 55.5 Å². The molecule has 1 aromatic heterocycles. The molecule has 1 unspecified atom stereocenters. The van der Waals surface area contributed by atoms with Crippen molar-refractivity contribution in [2.45, 2.75) is 32.8 Å². The number of rotatable bonds is 7. The zero-order valence-electron chi connectivity index (χ0n) is 23.8. The smallest absolute Gasteiger partial charge is 0.379 e. The van der Waals surface area contributed by atoms with Crippen LogP contribution in [0.3, 0.4) is 0 Å². The van der Waals surface area contributed by atoms with E-state index in [0.717, 1.165) is 28.5 Å². The van der Waals surface area contributed by atoms with Crippen LogP contribution < -0.4 is 19.9 Å². The maximum atomic E-state index is 13.1. The molecule has 9 heteroatoms. The van der Waals surface area contributed by atoms with E-state index < -0.39 is 11.9 Å². The van der Waals surface area contributed by atoms with Crippen molar-refractivity contribution in [3.63, 3.8) is 0 Å². The van der Waals surface area contributed by atoms with Gasteiger partial charge < -0.3 is 24.4 Å². The number of furan rings is 1. The maximum Gasteiger partial charge on any atom is 0.379 e. The molecule has 44 heavy (non-hydrogen) atoms. The molecule has 4 aromatic carbocycles. The minimum atomic E-state index is -0.624. The predicted octanol–water partition coefficient (Wildman–Crippen LogP) is 8.63. The van der Waals surface area contributed by atoms with Gasteiger partial charge in [-0.3, -0.25) is 0 Å². The Hall–Kier alpha value is -4.90. The molecule has 220 valence electrons. The van der Waals surface area contributed by atoms with Crippen LogP contribution in [0.1, 0.15) is 51.2 Å². The summed E-state index contributed by atoms with van der Waals surface area (Å²) >= 11 is 12.2. The highest BCUT2D eigenvalue weighted by molar-refractivity contribution is 6.35. The quantitative estimate of drug-likeness (QED) is 0.143. The van der Waals surface area contributed by atoms with Gasteiger partial charge in [0.15, 0.2) is 0 Å². The Morgan fingerprint density at radius 2 is 1.77 bits per heavy atom. The molecular formula is C35H26Cl2N2O5. The summed E-state index contributed by atoms with van der Waals surface area (Å²) in [5.74, 6) is 0.237. The Labute approximate surface area is 264 Å². The number of ether oxygens (including phenoxy) is 3. The third-order valence-electron chi connectivity index (χ3n) is 7.62. The van der Waals surface area contributed by atoms with Crippen molar-refractivity contribution in [1.29, 1.82) is 5.26 Å². The Balaban J connectivity index is 1.23. The minimum absolute atomic E-state index is 0.0222. The summed E-state index contributed by atoms with van der Waals surface area (Å²) in [5, 5.41) is 11.9. The van der Waals surface area contributed by atoms with Crippen LogP contribution in [-0.4, -0.2) is 5.97 Å². The molecule has 7 nitrogen and oxygen atoms in total. The first-order chi connectivity index (χ1) is 21.2. The summed E-state index contributed by atoms with van der Waals surface area (Å²) < 4.78 is 23.3. The molecule has 1 aliphatic rings. The van der Waals surface area contributed by atoms with Crippen LogP contribution >= 0.6 is 23.2 Å². The first-order valence-corrected chi connectivity index (χ1v) is 14.6. The zero-order chi connectivity index (χ0) is 31.0. The number of allylic oxidation sites excluding steroid dienone is 1. The predicted molar refractivity (Wildman–Crippen MR) is 168 cm³/mol. The van der Waals surface area contributed by atoms with Crippen LogP contribution in [0.4, 0.5) is 0 Å². The second-order valence-corrected chi connectivity index (χ2v) is 11.2. The maximum absolute atomic E-state index is 13.1. The molecule has 2 heterocycles. The van der Waals surface area contributed by atoms with Gasteiger partial charge in [0, 0.05) is 38.2 Å². The summed E-state index contributed by atoms with van der Waals surface area (Å²) in [6.45, 7) is 4.17. The molecule has 6 rings (SSSR count). The summed E-state index contributed by atoms with van der Waals surface area (Å²) in [5.41, 5.74) is 11.3. The number of halogens is 2. The average Bonchev–Trinajstić information content (AvgIpc) is 3.35. The van der Waals surface area contributed by atoms with Crippen LogP contribution in [0.25, 0.3) is 11.0 Å². The number of hydrogen-bond donors (Lipinski definition) is 1. The van der Waals surface area contributed by atoms with Crippen molar-refractivity contribution < 1.29 is 23.4 Å². The molecule has 5 aromatic rings. The van der Waals surface area contributed by atoms with Crippen LogP contribution in [0.5, 0.6) is 17.2 Å². The number of carbonyl (C=O) groups excluding carboxylic acids is 1. The van der Waals surface area contributed by atoms with Crippen LogP contribution in [0, 0.1) is 18.3 Å². The third kappa shape index (κ3) is 5.58. The number of benzene rings is 4. The van der Waals surface area contributed by atoms with Gasteiger partial charge in [0.2, 0.25) is 11.6 Å². The fourth-order valence-electron chi connectivity index (χ4n) is 5.23. The van der Waals surface area contributed by atoms with Gasteiger partial charge in [0.1, 0.15) is 41.1 Å². The number of nitriles is 1. The summed E-state index contributed by atoms with van der Waals surface area (Å²) in [4.78, 5) is 13.1.